The van der Waals surface area contributed by atoms with Crippen LogP contribution in [0.25, 0.3) is 10.4 Å². The highest BCUT2D eigenvalue weighted by atomic mass is 16.8. The molecule has 0 radical (unpaired) electrons. The molecule has 6 aliphatic heterocycles. The van der Waals surface area contributed by atoms with Crippen molar-refractivity contribution in [1.29, 1.82) is 0 Å². The van der Waals surface area contributed by atoms with Crippen molar-refractivity contribution in [3.05, 3.63) is 46.1 Å². The largest absolute Gasteiger partial charge is 0.388 e. The SMILES string of the molecule is CC(=O)N[C@H]1[C@H]2OC[C@@](COCCOCCOCCOCCn3cc(COCC(COCc4cn(CCOCCOCCOCCOC[C@]56CO[C@@H](O5)[C@H](NC(C)=O)[C@@H](O)[C@H]6O)nn4)(COCc4cn(CCOCCOCCOCCOC[C@]56CO[C@@H](O5)[C@H](NC(C)=O)[C@@H](O)[C@H]6O)nn4)NC(=O)CCCCCNC(=O)CCCCCN=[N+]=[N-])nn3)(O2)[C@H](O)[C@@H]1O. The van der Waals surface area contributed by atoms with E-state index in [-0.39, 0.29) is 157 Å². The quantitative estimate of drug-likeness (QED) is 0.0109. The van der Waals surface area contributed by atoms with Crippen molar-refractivity contribution >= 4 is 29.5 Å². The summed E-state index contributed by atoms with van der Waals surface area (Å²) >= 11 is 0. The van der Waals surface area contributed by atoms with Gasteiger partial charge in [0, 0.05) is 51.6 Å². The first-order chi connectivity index (χ1) is 60.6. The second-order valence-corrected chi connectivity index (χ2v) is 30.9. The van der Waals surface area contributed by atoms with Gasteiger partial charge in [0.15, 0.2) is 18.9 Å². The van der Waals surface area contributed by atoms with E-state index in [1.165, 1.54) is 20.8 Å². The second-order valence-electron chi connectivity index (χ2n) is 30.9. The van der Waals surface area contributed by atoms with E-state index in [0.717, 1.165) is 6.42 Å². The van der Waals surface area contributed by atoms with Crippen LogP contribution in [0.15, 0.2) is 23.7 Å². The molecule has 9 heterocycles. The Balaban J connectivity index is 0.699. The molecular formula is C76H127N17O32. The van der Waals surface area contributed by atoms with Gasteiger partial charge in [0.05, 0.1) is 256 Å². The lowest BCUT2D eigenvalue weighted by molar-refractivity contribution is -0.238. The van der Waals surface area contributed by atoms with Crippen LogP contribution >= 0.6 is 0 Å². The van der Waals surface area contributed by atoms with Crippen LogP contribution < -0.4 is 26.6 Å². The number of aliphatic hydroxyl groups is 6. The van der Waals surface area contributed by atoms with E-state index in [4.69, 9.17) is 105 Å². The number of rotatable bonds is 70. The third-order valence-electron chi connectivity index (χ3n) is 20.7. The van der Waals surface area contributed by atoms with Gasteiger partial charge in [0.1, 0.15) is 94.2 Å². The Morgan fingerprint density at radius 2 is 0.736 bits per heavy atom. The molecule has 0 aromatic carbocycles. The molecule has 0 aliphatic carbocycles. The number of hydrogen-bond acceptors (Lipinski definition) is 39. The van der Waals surface area contributed by atoms with Gasteiger partial charge in [-0.2, -0.15) is 0 Å². The number of aromatic nitrogens is 9. The van der Waals surface area contributed by atoms with E-state index in [1.807, 2.05) is 0 Å². The van der Waals surface area contributed by atoms with Crippen molar-refractivity contribution in [3.8, 4) is 0 Å². The van der Waals surface area contributed by atoms with Crippen LogP contribution in [0.1, 0.15) is 89.2 Å². The predicted octanol–water partition coefficient (Wildman–Crippen LogP) is -4.93. The molecule has 0 saturated carbocycles. The Bertz CT molecular complexity index is 3340. The fraction of sp³-hybridized carbons (Fsp3) is 0.855. The van der Waals surface area contributed by atoms with Gasteiger partial charge in [0.25, 0.3) is 0 Å². The second kappa shape index (κ2) is 55.1. The molecule has 6 fully saturated rings. The molecule has 3 aromatic heterocycles. The molecule has 5 amide bonds. The van der Waals surface area contributed by atoms with Gasteiger partial charge in [-0.3, -0.25) is 24.0 Å². The van der Waals surface area contributed by atoms with Crippen molar-refractivity contribution < 1.29 is 154 Å². The topological polar surface area (TPSA) is 602 Å². The molecule has 9 rings (SSSR count). The summed E-state index contributed by atoms with van der Waals surface area (Å²) in [6.07, 6.45) is -1.17. The Hall–Kier alpha value is -7.00. The van der Waals surface area contributed by atoms with Crippen molar-refractivity contribution in [3.63, 3.8) is 0 Å². The number of carbonyl (C=O) groups is 5. The van der Waals surface area contributed by atoms with Crippen molar-refractivity contribution in [2.24, 2.45) is 5.11 Å². The maximum Gasteiger partial charge on any atom is 0.220 e. The lowest BCUT2D eigenvalue weighted by Crippen LogP contribution is -2.66. The summed E-state index contributed by atoms with van der Waals surface area (Å²) in [5.41, 5.74) is 4.83. The molecule has 15 atom stereocenters. The third kappa shape index (κ3) is 34.1. The number of nitrogens with one attached hydrogen (secondary N) is 5. The van der Waals surface area contributed by atoms with Crippen LogP contribution in [0.2, 0.25) is 0 Å². The highest BCUT2D eigenvalue weighted by Gasteiger charge is 2.62. The number of ether oxygens (including phenoxy) is 21. The molecule has 0 spiro atoms. The van der Waals surface area contributed by atoms with Crippen LogP contribution in [0.5, 0.6) is 0 Å². The lowest BCUT2D eigenvalue weighted by Gasteiger charge is -2.42. The molecular weight excluding hydrogens is 1660 g/mol. The molecule has 6 bridgehead atoms. The van der Waals surface area contributed by atoms with Gasteiger partial charge in [0.2, 0.25) is 29.5 Å². The van der Waals surface area contributed by atoms with Crippen molar-refractivity contribution in [1.82, 2.24) is 71.6 Å². The van der Waals surface area contributed by atoms with Crippen molar-refractivity contribution in [2.75, 3.05) is 211 Å². The van der Waals surface area contributed by atoms with E-state index in [0.29, 0.717) is 168 Å². The molecule has 708 valence electrons. The maximum absolute atomic E-state index is 14.2. The van der Waals surface area contributed by atoms with Gasteiger partial charge in [-0.15, -0.1) is 15.3 Å². The fourth-order valence-electron chi connectivity index (χ4n) is 14.2. The van der Waals surface area contributed by atoms with E-state index in [2.05, 4.69) is 67.5 Å². The molecule has 0 unspecified atom stereocenters. The maximum atomic E-state index is 14.2. The summed E-state index contributed by atoms with van der Waals surface area (Å²) in [7, 11) is 0. The fourth-order valence-corrected chi connectivity index (χ4v) is 14.2. The van der Waals surface area contributed by atoms with Gasteiger partial charge in [-0.25, -0.2) is 14.0 Å². The minimum atomic E-state index is -1.35. The van der Waals surface area contributed by atoms with Crippen LogP contribution in [0.4, 0.5) is 0 Å². The van der Waals surface area contributed by atoms with Crippen LogP contribution in [-0.4, -0.2) is 412 Å². The Morgan fingerprint density at radius 1 is 0.432 bits per heavy atom. The average molecular weight is 1790 g/mol. The number of aliphatic hydroxyl groups excluding tert-OH is 6. The first-order valence-electron chi connectivity index (χ1n) is 42.3. The summed E-state index contributed by atoms with van der Waals surface area (Å²) in [6.45, 7) is 10.7. The van der Waals surface area contributed by atoms with Gasteiger partial charge >= 0.3 is 0 Å². The monoisotopic (exact) mass is 1790 g/mol. The number of carbonyl (C=O) groups excluding carboxylic acids is 5. The molecule has 49 heteroatoms. The smallest absolute Gasteiger partial charge is 0.220 e. The molecule has 49 nitrogen and oxygen atoms in total. The highest BCUT2D eigenvalue weighted by Crippen LogP contribution is 2.40. The first-order valence-corrected chi connectivity index (χ1v) is 42.3. The number of hydrogen-bond donors (Lipinski definition) is 11. The van der Waals surface area contributed by atoms with Gasteiger partial charge in [-0.05, 0) is 31.2 Å². The molecule has 3 aromatic rings. The summed E-state index contributed by atoms with van der Waals surface area (Å²) < 4.78 is 127. The van der Waals surface area contributed by atoms with E-state index < -0.39 is 114 Å². The predicted molar refractivity (Wildman–Crippen MR) is 423 cm³/mol. The number of nitrogens with zero attached hydrogens (tertiary/aromatic N) is 12. The Kier molecular flexibility index (Phi) is 44.9. The lowest BCUT2D eigenvalue weighted by atomic mass is 9.88. The highest BCUT2D eigenvalue weighted by molar-refractivity contribution is 5.77. The summed E-state index contributed by atoms with van der Waals surface area (Å²) in [4.78, 5) is 64.2. The van der Waals surface area contributed by atoms with E-state index in [9.17, 15) is 54.6 Å². The zero-order valence-electron chi connectivity index (χ0n) is 71.4. The summed E-state index contributed by atoms with van der Waals surface area (Å²) in [5.74, 6) is -1.57. The first kappa shape index (κ1) is 102. The van der Waals surface area contributed by atoms with E-state index >= 15 is 0 Å². The zero-order chi connectivity index (χ0) is 89.0. The molecule has 6 aliphatic rings. The number of amides is 5. The Morgan fingerprint density at radius 3 is 1.06 bits per heavy atom. The van der Waals surface area contributed by atoms with Crippen LogP contribution in [0, 0.1) is 0 Å². The number of unbranched alkanes of at least 4 members (excludes halogenated alkanes) is 4. The van der Waals surface area contributed by atoms with Gasteiger partial charge in [-0.1, -0.05) is 33.6 Å². The van der Waals surface area contributed by atoms with E-state index in [1.54, 1.807) is 32.6 Å². The van der Waals surface area contributed by atoms with Gasteiger partial charge < -0.3 is 157 Å². The minimum Gasteiger partial charge on any atom is -0.388 e. The zero-order valence-corrected chi connectivity index (χ0v) is 71.4. The molecule has 6 saturated heterocycles. The van der Waals surface area contributed by atoms with Crippen molar-refractivity contribution in [2.45, 2.75) is 208 Å². The number of azide groups is 1. The van der Waals surface area contributed by atoms with Crippen LogP contribution in [-0.2, 0) is 163 Å². The third-order valence-corrected chi connectivity index (χ3v) is 20.7. The molecule has 125 heavy (non-hydrogen) atoms. The summed E-state index contributed by atoms with van der Waals surface area (Å²) in [5, 5.41) is 107. The average Bonchev–Trinajstić information content (AvgIpc) is 1.62. The minimum absolute atomic E-state index is 0.0188. The van der Waals surface area contributed by atoms with Crippen LogP contribution in [0.3, 0.4) is 0 Å². The molecule has 11 N–H and O–H groups in total. The summed E-state index contributed by atoms with van der Waals surface area (Å²) in [6, 6.07) is -2.74. The normalized spacial score (nSPS) is 25.5. The standard InChI is InChI=1S/C76H127N17O32/c1-53(94)80-61-64(99)67(102)74(50-120-70(61)123-74)47-114-35-32-111-29-26-108-23-20-105-17-14-91-38-56(84-88-91)41-117-44-73(83-60(98)11-7-4-8-12-78-59(97)10-6-5-9-13-79-87-77,45-118-42-57-39-92(89-85-57)15-18-106-21-24-109-27-30-112-33-36-115-48-75-51-121-71(124-75)62(81-54(2)95)65(100)68(75)103)46-119-43-58-40-93(90-86-58)16-19-107-22-25-110-28-31-113-34-37-116-49-76-52-122-72(125-76)63(82-55(3)96)66(101)69(76)104/h38-40,61-72,99-104H,4-37,41-52H2,1-3H3,(H,78,97)(H,80,94)(H,81,95)(H,82,96)(H,83,98)/t61-,62-,63-,64-,65-,66-,67-,68-,69-,70+,71+,72+,74-,75-,76-/m1/s1. The number of fused-ring (bicyclic) bond motifs is 6. The Labute approximate surface area is 722 Å².